The van der Waals surface area contributed by atoms with Gasteiger partial charge in [0.05, 0.1) is 0 Å². The zero-order valence-corrected chi connectivity index (χ0v) is 51.8. The summed E-state index contributed by atoms with van der Waals surface area (Å²) in [6.45, 7) is 6.34. The molecule has 0 aromatic carbocycles. The second-order valence-electron chi connectivity index (χ2n) is 21.3. The SMILES string of the molecule is CC/C=C\C/C=C\C/C=C\C/C=C\C/C=C\C/C=C\C/C=C\C/C=C\CCCCCCCCC(=O)OCC(COC(=O)CCCCCCCC)OC(=O)CCCCCCCCCCCCCC/C=C\C/C=C\C/C=C\C/C=C\CC. The first-order valence-electron chi connectivity index (χ1n) is 32.8. The first-order valence-corrected chi connectivity index (χ1v) is 32.8. The van der Waals surface area contributed by atoms with Crippen LogP contribution in [0.4, 0.5) is 0 Å². The van der Waals surface area contributed by atoms with Crippen molar-refractivity contribution in [2.75, 3.05) is 13.2 Å². The highest BCUT2D eigenvalue weighted by molar-refractivity contribution is 5.71. The topological polar surface area (TPSA) is 78.9 Å². The summed E-state index contributed by atoms with van der Waals surface area (Å²) in [7, 11) is 0. The molecule has 0 fully saturated rings. The van der Waals surface area contributed by atoms with Crippen LogP contribution in [0.3, 0.4) is 0 Å². The smallest absolute Gasteiger partial charge is 0.306 e. The highest BCUT2D eigenvalue weighted by Gasteiger charge is 2.19. The lowest BCUT2D eigenvalue weighted by Crippen LogP contribution is -2.30. The van der Waals surface area contributed by atoms with E-state index in [1.165, 1.54) is 96.3 Å². The van der Waals surface area contributed by atoms with E-state index in [0.717, 1.165) is 148 Å². The van der Waals surface area contributed by atoms with Crippen LogP contribution in [0.1, 0.15) is 284 Å². The largest absolute Gasteiger partial charge is 0.462 e. The second kappa shape index (κ2) is 66.8. The Balaban J connectivity index is 4.15. The number of hydrogen-bond donors (Lipinski definition) is 0. The molecule has 0 rings (SSSR count). The summed E-state index contributed by atoms with van der Waals surface area (Å²) in [5.74, 6) is -0.913. The lowest BCUT2D eigenvalue weighted by atomic mass is 10.0. The van der Waals surface area contributed by atoms with Crippen molar-refractivity contribution < 1.29 is 28.6 Å². The van der Waals surface area contributed by atoms with Crippen LogP contribution in [0.15, 0.2) is 146 Å². The van der Waals surface area contributed by atoms with Gasteiger partial charge in [-0.15, -0.1) is 0 Å². The number of carbonyl (C=O) groups is 3. The van der Waals surface area contributed by atoms with Crippen molar-refractivity contribution in [3.63, 3.8) is 0 Å². The van der Waals surface area contributed by atoms with Crippen LogP contribution in [-0.4, -0.2) is 37.2 Å². The van der Waals surface area contributed by atoms with E-state index in [9.17, 15) is 14.4 Å². The van der Waals surface area contributed by atoms with Crippen LogP contribution in [0.2, 0.25) is 0 Å². The van der Waals surface area contributed by atoms with Crippen LogP contribution in [0.25, 0.3) is 0 Å². The molecule has 0 aliphatic rings. The number of esters is 3. The van der Waals surface area contributed by atoms with Crippen molar-refractivity contribution >= 4 is 17.9 Å². The zero-order valence-electron chi connectivity index (χ0n) is 51.8. The van der Waals surface area contributed by atoms with Crippen LogP contribution >= 0.6 is 0 Å². The average molecular weight is 1110 g/mol. The van der Waals surface area contributed by atoms with Crippen molar-refractivity contribution in [2.45, 2.75) is 290 Å². The van der Waals surface area contributed by atoms with E-state index >= 15 is 0 Å². The third-order valence-corrected chi connectivity index (χ3v) is 13.6. The summed E-state index contributed by atoms with van der Waals surface area (Å²) in [5, 5.41) is 0. The minimum absolute atomic E-state index is 0.0866. The van der Waals surface area contributed by atoms with Gasteiger partial charge in [-0.1, -0.05) is 289 Å². The Morgan fingerprint density at radius 1 is 0.263 bits per heavy atom. The van der Waals surface area contributed by atoms with Crippen LogP contribution in [0, 0.1) is 0 Å². The number of rotatable bonds is 58. The van der Waals surface area contributed by atoms with E-state index < -0.39 is 6.10 Å². The molecule has 0 aromatic heterocycles. The summed E-state index contributed by atoms with van der Waals surface area (Å²) in [4.78, 5) is 38.1. The van der Waals surface area contributed by atoms with E-state index in [4.69, 9.17) is 14.2 Å². The van der Waals surface area contributed by atoms with Crippen molar-refractivity contribution in [3.05, 3.63) is 146 Å². The fourth-order valence-electron chi connectivity index (χ4n) is 8.74. The molecule has 0 radical (unpaired) electrons. The van der Waals surface area contributed by atoms with Crippen molar-refractivity contribution in [1.82, 2.24) is 0 Å². The predicted octanol–water partition coefficient (Wildman–Crippen LogP) is 22.7. The molecule has 0 saturated carbocycles. The average Bonchev–Trinajstić information content (AvgIpc) is 3.46. The highest BCUT2D eigenvalue weighted by Crippen LogP contribution is 2.15. The molecular formula is C74H120O6. The van der Waals surface area contributed by atoms with E-state index in [0.29, 0.717) is 19.3 Å². The number of unbranched alkanes of at least 4 members (excludes halogenated alkanes) is 23. The molecule has 0 N–H and O–H groups in total. The number of hydrogen-bond acceptors (Lipinski definition) is 6. The van der Waals surface area contributed by atoms with Gasteiger partial charge in [0.15, 0.2) is 6.10 Å². The normalized spacial score (nSPS) is 13.1. The molecule has 0 amide bonds. The molecule has 6 heteroatoms. The molecule has 6 nitrogen and oxygen atoms in total. The van der Waals surface area contributed by atoms with Gasteiger partial charge in [0, 0.05) is 19.3 Å². The van der Waals surface area contributed by atoms with Gasteiger partial charge in [-0.05, 0) is 122 Å². The molecular weight excluding hydrogens is 985 g/mol. The number of allylic oxidation sites excluding steroid dienone is 24. The summed E-state index contributed by atoms with van der Waals surface area (Å²) in [6.07, 6.45) is 96.0. The Morgan fingerprint density at radius 3 is 0.762 bits per heavy atom. The van der Waals surface area contributed by atoms with Gasteiger partial charge >= 0.3 is 17.9 Å². The third kappa shape index (κ3) is 64.1. The minimum atomic E-state index is -0.788. The van der Waals surface area contributed by atoms with Crippen molar-refractivity contribution in [1.29, 1.82) is 0 Å². The first-order chi connectivity index (χ1) is 39.5. The van der Waals surface area contributed by atoms with E-state index in [1.54, 1.807) is 0 Å². The fraction of sp³-hybridized carbons (Fsp3) is 0.635. The van der Waals surface area contributed by atoms with Crippen LogP contribution in [-0.2, 0) is 28.6 Å². The summed E-state index contributed by atoms with van der Waals surface area (Å²) in [5.41, 5.74) is 0. The molecule has 0 aliphatic carbocycles. The van der Waals surface area contributed by atoms with Gasteiger partial charge in [0.25, 0.3) is 0 Å². The molecule has 452 valence electrons. The minimum Gasteiger partial charge on any atom is -0.462 e. The number of ether oxygens (including phenoxy) is 3. The standard InChI is InChI=1S/C74H120O6/c1-4-7-10-13-16-18-20-22-24-26-28-30-32-34-35-36-37-38-39-41-42-44-46-48-50-52-54-56-58-61-64-67-73(76)79-70-71(69-78-72(75)66-63-60-15-12-9-6-3)80-74(77)68-65-62-59-57-55-53-51-49-47-45-43-40-33-31-29-27-25-23-21-19-17-14-11-8-5-2/h7-8,10-11,16-19,22-25,28-31,34-35,37-38,41-42,46,48,71H,4-6,9,12-15,20-21,26-27,32-33,36,39-40,43-45,47,49-70H2,1-3H3/b10-7-,11-8-,18-16-,19-17-,24-22-,25-23-,30-28-,31-29-,35-34-,38-37-,42-41-,48-46-. The predicted molar refractivity (Wildman–Crippen MR) is 348 cm³/mol. The Kier molecular flexibility index (Phi) is 62.9. The molecule has 1 unspecified atom stereocenters. The van der Waals surface area contributed by atoms with Gasteiger partial charge in [-0.25, -0.2) is 0 Å². The highest BCUT2D eigenvalue weighted by atomic mass is 16.6. The van der Waals surface area contributed by atoms with E-state index in [-0.39, 0.29) is 31.1 Å². The van der Waals surface area contributed by atoms with Gasteiger partial charge in [-0.3, -0.25) is 14.4 Å². The molecule has 0 spiro atoms. The molecule has 1 atom stereocenters. The lowest BCUT2D eigenvalue weighted by molar-refractivity contribution is -0.167. The van der Waals surface area contributed by atoms with E-state index in [1.807, 2.05) is 0 Å². The molecule has 0 aliphatic heterocycles. The Morgan fingerprint density at radius 2 is 0.487 bits per heavy atom. The zero-order chi connectivity index (χ0) is 57.8. The molecule has 0 aromatic rings. The molecule has 0 bridgehead atoms. The van der Waals surface area contributed by atoms with Gasteiger partial charge in [-0.2, -0.15) is 0 Å². The summed E-state index contributed by atoms with van der Waals surface area (Å²) >= 11 is 0. The number of carbonyl (C=O) groups excluding carboxylic acids is 3. The lowest BCUT2D eigenvalue weighted by Gasteiger charge is -2.18. The van der Waals surface area contributed by atoms with Gasteiger partial charge in [0.2, 0.25) is 0 Å². The quantitative estimate of drug-likeness (QED) is 0.0261. The third-order valence-electron chi connectivity index (χ3n) is 13.6. The first kappa shape index (κ1) is 75.3. The van der Waals surface area contributed by atoms with Crippen molar-refractivity contribution in [3.8, 4) is 0 Å². The maximum Gasteiger partial charge on any atom is 0.306 e. The molecule has 80 heavy (non-hydrogen) atoms. The monoisotopic (exact) mass is 1100 g/mol. The van der Waals surface area contributed by atoms with Gasteiger partial charge < -0.3 is 14.2 Å². The fourth-order valence-corrected chi connectivity index (χ4v) is 8.74. The molecule has 0 saturated heterocycles. The Labute approximate surface area is 493 Å². The van der Waals surface area contributed by atoms with Crippen LogP contribution < -0.4 is 0 Å². The maximum absolute atomic E-state index is 12.9. The summed E-state index contributed by atoms with van der Waals surface area (Å²) in [6, 6.07) is 0. The maximum atomic E-state index is 12.9. The Hall–Kier alpha value is -4.71. The molecule has 0 heterocycles. The van der Waals surface area contributed by atoms with E-state index in [2.05, 4.69) is 167 Å². The summed E-state index contributed by atoms with van der Waals surface area (Å²) < 4.78 is 16.8. The second-order valence-corrected chi connectivity index (χ2v) is 21.3. The van der Waals surface area contributed by atoms with Crippen LogP contribution in [0.5, 0.6) is 0 Å². The van der Waals surface area contributed by atoms with Crippen molar-refractivity contribution in [2.24, 2.45) is 0 Å². The Bertz CT molecular complexity index is 1750. The van der Waals surface area contributed by atoms with Gasteiger partial charge in [0.1, 0.15) is 13.2 Å².